The number of aromatic amines is 1. The quantitative estimate of drug-likeness (QED) is 0.808. The van der Waals surface area contributed by atoms with Gasteiger partial charge in [-0.2, -0.15) is 11.8 Å². The van der Waals surface area contributed by atoms with Gasteiger partial charge >= 0.3 is 0 Å². The molecule has 1 aromatic rings. The van der Waals surface area contributed by atoms with Gasteiger partial charge in [0.25, 0.3) is 5.56 Å². The zero-order chi connectivity index (χ0) is 12.3. The Kier molecular flexibility index (Phi) is 4.72. The van der Waals surface area contributed by atoms with E-state index in [9.17, 15) is 4.79 Å². The molecule has 94 valence electrons. The molecule has 0 radical (unpaired) electrons. The molecule has 1 saturated carbocycles. The molecule has 1 fully saturated rings. The molecule has 0 saturated heterocycles. The van der Waals surface area contributed by atoms with Gasteiger partial charge in [0.05, 0.1) is 6.33 Å². The molecule has 0 bridgehead atoms. The Morgan fingerprint density at radius 2 is 2.41 bits per heavy atom. The van der Waals surface area contributed by atoms with E-state index < -0.39 is 0 Å². The molecule has 17 heavy (non-hydrogen) atoms. The first-order chi connectivity index (χ1) is 8.20. The number of nitrogens with zero attached hydrogens (tertiary/aromatic N) is 1. The van der Waals surface area contributed by atoms with Crippen LogP contribution in [-0.4, -0.2) is 27.5 Å². The lowest BCUT2D eigenvalue weighted by Crippen LogP contribution is -2.30. The molecule has 2 rings (SSSR count). The number of hydrogen-bond donors (Lipinski definition) is 2. The molecule has 2 unspecified atom stereocenters. The van der Waals surface area contributed by atoms with Gasteiger partial charge in [-0.15, -0.1) is 0 Å². The van der Waals surface area contributed by atoms with Gasteiger partial charge in [0.15, 0.2) is 0 Å². The van der Waals surface area contributed by atoms with E-state index in [2.05, 4.69) is 21.5 Å². The van der Waals surface area contributed by atoms with Gasteiger partial charge in [-0.1, -0.05) is 6.42 Å². The second-order valence-corrected chi connectivity index (χ2v) is 6.48. The lowest BCUT2D eigenvalue weighted by atomic mass is 9.95. The van der Waals surface area contributed by atoms with E-state index in [0.717, 1.165) is 17.5 Å². The number of rotatable bonds is 3. The molecule has 2 N–H and O–H groups in total. The Bertz CT molecular complexity index is 437. The topological polar surface area (TPSA) is 57.8 Å². The molecule has 4 nitrogen and oxygen atoms in total. The van der Waals surface area contributed by atoms with E-state index in [4.69, 9.17) is 0 Å². The van der Waals surface area contributed by atoms with Crippen molar-refractivity contribution in [2.75, 3.05) is 11.6 Å². The molecular weight excluding hydrogens is 349 g/mol. The van der Waals surface area contributed by atoms with Crippen molar-refractivity contribution >= 4 is 40.2 Å². The van der Waals surface area contributed by atoms with Crippen molar-refractivity contribution in [3.8, 4) is 0 Å². The highest BCUT2D eigenvalue weighted by atomic mass is 127. The summed E-state index contributed by atoms with van der Waals surface area (Å²) in [7, 11) is 0. The molecule has 1 aliphatic carbocycles. The Hall–Kier alpha value is -0.240. The third-order valence-corrected chi connectivity index (χ3v) is 5.19. The smallest absolute Gasteiger partial charge is 0.266 e. The van der Waals surface area contributed by atoms with Crippen molar-refractivity contribution in [1.82, 2.24) is 9.97 Å². The van der Waals surface area contributed by atoms with Crippen LogP contribution in [0.2, 0.25) is 0 Å². The van der Waals surface area contributed by atoms with Crippen LogP contribution in [0, 0.1) is 3.57 Å². The molecule has 0 spiro atoms. The fourth-order valence-corrected chi connectivity index (χ4v) is 3.44. The van der Waals surface area contributed by atoms with Crippen molar-refractivity contribution in [3.63, 3.8) is 0 Å². The average molecular weight is 365 g/mol. The summed E-state index contributed by atoms with van der Waals surface area (Å²) in [4.78, 5) is 18.2. The van der Waals surface area contributed by atoms with Crippen LogP contribution in [0.3, 0.4) is 0 Å². The maximum atomic E-state index is 11.5. The SMILES string of the molecule is CSC1CCCC(Nc2nc[nH]c(=O)c2I)C1. The number of hydrogen-bond acceptors (Lipinski definition) is 4. The van der Waals surface area contributed by atoms with E-state index in [1.807, 2.05) is 34.4 Å². The minimum absolute atomic E-state index is 0.0691. The first-order valence-electron chi connectivity index (χ1n) is 5.73. The summed E-state index contributed by atoms with van der Waals surface area (Å²) >= 11 is 3.98. The summed E-state index contributed by atoms with van der Waals surface area (Å²) in [5, 5.41) is 4.14. The first kappa shape index (κ1) is 13.2. The largest absolute Gasteiger partial charge is 0.366 e. The highest BCUT2D eigenvalue weighted by Crippen LogP contribution is 2.28. The standard InChI is InChI=1S/C11H16IN3OS/c1-17-8-4-2-3-7(5-8)15-10-9(12)11(16)14-6-13-10/h6-8H,2-5H2,1H3,(H2,13,14,15,16). The molecule has 0 aromatic carbocycles. The van der Waals surface area contributed by atoms with E-state index in [0.29, 0.717) is 9.61 Å². The van der Waals surface area contributed by atoms with E-state index in [1.54, 1.807) is 0 Å². The minimum atomic E-state index is -0.0691. The monoisotopic (exact) mass is 365 g/mol. The molecular formula is C11H16IN3OS. The molecule has 0 aliphatic heterocycles. The van der Waals surface area contributed by atoms with Crippen LogP contribution in [0.15, 0.2) is 11.1 Å². The van der Waals surface area contributed by atoms with Crippen LogP contribution in [0.5, 0.6) is 0 Å². The summed E-state index contributed by atoms with van der Waals surface area (Å²) in [6.07, 6.45) is 8.51. The predicted octanol–water partition coefficient (Wildman–Crippen LogP) is 2.46. The summed E-state index contributed by atoms with van der Waals surface area (Å²) in [5.41, 5.74) is -0.0691. The molecule has 0 amide bonds. The van der Waals surface area contributed by atoms with Crippen LogP contribution < -0.4 is 10.9 Å². The van der Waals surface area contributed by atoms with Gasteiger partial charge in [-0.3, -0.25) is 4.79 Å². The summed E-state index contributed by atoms with van der Waals surface area (Å²) in [6, 6.07) is 0.448. The van der Waals surface area contributed by atoms with Gasteiger partial charge in [0, 0.05) is 11.3 Å². The highest BCUT2D eigenvalue weighted by Gasteiger charge is 2.22. The molecule has 1 aromatic heterocycles. The van der Waals surface area contributed by atoms with Crippen LogP contribution in [0.4, 0.5) is 5.82 Å². The van der Waals surface area contributed by atoms with Crippen LogP contribution >= 0.6 is 34.4 Å². The zero-order valence-corrected chi connectivity index (χ0v) is 12.7. The zero-order valence-electron chi connectivity index (χ0n) is 9.70. The maximum Gasteiger partial charge on any atom is 0.266 e. The van der Waals surface area contributed by atoms with Crippen molar-refractivity contribution in [2.45, 2.75) is 37.0 Å². The fraction of sp³-hybridized carbons (Fsp3) is 0.636. The Morgan fingerprint density at radius 1 is 1.59 bits per heavy atom. The summed E-state index contributed by atoms with van der Waals surface area (Å²) < 4.78 is 0.649. The Labute approximate surface area is 119 Å². The normalized spacial score (nSPS) is 24.6. The van der Waals surface area contributed by atoms with E-state index >= 15 is 0 Å². The van der Waals surface area contributed by atoms with Gasteiger partial charge < -0.3 is 10.3 Å². The Balaban J connectivity index is 2.05. The van der Waals surface area contributed by atoms with E-state index in [-0.39, 0.29) is 5.56 Å². The van der Waals surface area contributed by atoms with Crippen LogP contribution in [-0.2, 0) is 0 Å². The predicted molar refractivity (Wildman–Crippen MR) is 80.8 cm³/mol. The van der Waals surface area contributed by atoms with Gasteiger partial charge in [-0.05, 0) is 48.1 Å². The molecule has 6 heteroatoms. The highest BCUT2D eigenvalue weighted by molar-refractivity contribution is 14.1. The van der Waals surface area contributed by atoms with Crippen molar-refractivity contribution in [1.29, 1.82) is 0 Å². The summed E-state index contributed by atoms with van der Waals surface area (Å²) in [6.45, 7) is 0. The van der Waals surface area contributed by atoms with Crippen molar-refractivity contribution in [2.24, 2.45) is 0 Å². The molecule has 1 aliphatic rings. The fourth-order valence-electron chi connectivity index (χ4n) is 2.17. The van der Waals surface area contributed by atoms with E-state index in [1.165, 1.54) is 25.6 Å². The first-order valence-corrected chi connectivity index (χ1v) is 8.10. The number of anilines is 1. The number of thioether (sulfide) groups is 1. The Morgan fingerprint density at radius 3 is 3.18 bits per heavy atom. The second-order valence-electron chi connectivity index (χ2n) is 4.26. The third-order valence-electron chi connectivity index (χ3n) is 3.10. The lowest BCUT2D eigenvalue weighted by molar-refractivity contribution is 0.472. The van der Waals surface area contributed by atoms with Gasteiger partial charge in [0.2, 0.25) is 0 Å². The van der Waals surface area contributed by atoms with Gasteiger partial charge in [0.1, 0.15) is 9.39 Å². The maximum absolute atomic E-state index is 11.5. The number of nitrogens with one attached hydrogen (secondary N) is 2. The molecule has 2 atom stereocenters. The average Bonchev–Trinajstić information content (AvgIpc) is 2.35. The van der Waals surface area contributed by atoms with Crippen LogP contribution in [0.25, 0.3) is 0 Å². The lowest BCUT2D eigenvalue weighted by Gasteiger charge is -2.29. The minimum Gasteiger partial charge on any atom is -0.366 e. The second kappa shape index (κ2) is 6.08. The van der Waals surface area contributed by atoms with Gasteiger partial charge in [-0.25, -0.2) is 4.98 Å². The summed E-state index contributed by atoms with van der Waals surface area (Å²) in [5.74, 6) is 0.723. The molecule has 1 heterocycles. The van der Waals surface area contributed by atoms with Crippen LogP contribution in [0.1, 0.15) is 25.7 Å². The number of halogens is 1. The van der Waals surface area contributed by atoms with Crippen molar-refractivity contribution < 1.29 is 0 Å². The van der Waals surface area contributed by atoms with Crippen molar-refractivity contribution in [3.05, 3.63) is 20.3 Å². The third kappa shape index (κ3) is 3.37. The number of aromatic nitrogens is 2. The number of H-pyrrole nitrogens is 1.